The van der Waals surface area contributed by atoms with Gasteiger partial charge in [0.1, 0.15) is 0 Å². The number of carbonyl (C=O) groups is 1. The fraction of sp³-hybridized carbons (Fsp3) is 0.526. The molecule has 0 radical (unpaired) electrons. The quantitative estimate of drug-likeness (QED) is 0.801. The van der Waals surface area contributed by atoms with Gasteiger partial charge in [0, 0.05) is 44.9 Å². The average molecular weight is 298 g/mol. The Hall–Kier alpha value is -1.61. The van der Waals surface area contributed by atoms with Gasteiger partial charge in [0.2, 0.25) is 0 Å². The van der Waals surface area contributed by atoms with Gasteiger partial charge in [0.05, 0.1) is 0 Å². The largest absolute Gasteiger partial charge is 0.383 e. The van der Waals surface area contributed by atoms with E-state index in [0.29, 0.717) is 17.7 Å². The van der Waals surface area contributed by atoms with Crippen molar-refractivity contribution in [2.75, 3.05) is 20.6 Å². The third-order valence-electron chi connectivity index (χ3n) is 4.91. The number of carbonyl (C=O) groups excluding carboxylic acids is 1. The van der Waals surface area contributed by atoms with Crippen molar-refractivity contribution in [2.45, 2.75) is 38.3 Å². The first-order chi connectivity index (χ1) is 10.6. The minimum absolute atomic E-state index is 0.358. The molecule has 2 fully saturated rings. The number of piperidine rings is 1. The van der Waals surface area contributed by atoms with Gasteiger partial charge in [-0.2, -0.15) is 0 Å². The Balaban J connectivity index is 1.76. The van der Waals surface area contributed by atoms with Crippen LogP contribution < -0.4 is 0 Å². The van der Waals surface area contributed by atoms with E-state index in [1.165, 1.54) is 18.4 Å². The average Bonchev–Trinajstić information content (AvgIpc) is 2.49. The summed E-state index contributed by atoms with van der Waals surface area (Å²) in [6.45, 7) is 2.16. The lowest BCUT2D eigenvalue weighted by Crippen LogP contribution is -2.48. The van der Waals surface area contributed by atoms with Crippen LogP contribution in [-0.4, -0.2) is 42.3 Å². The number of fused-ring (bicyclic) bond motifs is 1. The molecule has 2 unspecified atom stereocenters. The zero-order chi connectivity index (χ0) is 15.5. The molecular formula is C19H26N2O. The van der Waals surface area contributed by atoms with Gasteiger partial charge in [-0.15, -0.1) is 0 Å². The number of Topliss-reactive ketones (excluding diaryl/α,β-unsaturated/α-hetero) is 1. The summed E-state index contributed by atoms with van der Waals surface area (Å²) in [5.74, 6) is 0.904. The molecule has 1 aliphatic carbocycles. The maximum Gasteiger partial charge on any atom is 0.160 e. The molecule has 1 aromatic carbocycles. The van der Waals surface area contributed by atoms with Crippen LogP contribution in [0.15, 0.2) is 42.1 Å². The van der Waals surface area contributed by atoms with Gasteiger partial charge >= 0.3 is 0 Å². The SMILES string of the molecule is CN(C)C=C1CC2C(CCCN2Cc2ccccc2)CC1=O. The molecular weight excluding hydrogens is 272 g/mol. The van der Waals surface area contributed by atoms with E-state index in [0.717, 1.165) is 31.5 Å². The van der Waals surface area contributed by atoms with Crippen LogP contribution in [0.25, 0.3) is 0 Å². The predicted molar refractivity (Wildman–Crippen MR) is 89.4 cm³/mol. The first-order valence-electron chi connectivity index (χ1n) is 8.32. The minimum Gasteiger partial charge on any atom is -0.383 e. The summed E-state index contributed by atoms with van der Waals surface area (Å²) in [6, 6.07) is 11.2. The predicted octanol–water partition coefficient (Wildman–Crippen LogP) is 3.08. The number of rotatable bonds is 3. The Bertz CT molecular complexity index is 550. The summed E-state index contributed by atoms with van der Waals surface area (Å²) in [4.78, 5) is 16.9. The van der Waals surface area contributed by atoms with Gasteiger partial charge in [-0.1, -0.05) is 30.3 Å². The van der Waals surface area contributed by atoms with Gasteiger partial charge in [0.25, 0.3) is 0 Å². The zero-order valence-electron chi connectivity index (χ0n) is 13.7. The second-order valence-electron chi connectivity index (χ2n) is 6.88. The fourth-order valence-electron chi connectivity index (χ4n) is 3.91. The van der Waals surface area contributed by atoms with Crippen LogP contribution in [0.1, 0.15) is 31.2 Å². The van der Waals surface area contributed by atoms with Crippen molar-refractivity contribution in [1.29, 1.82) is 0 Å². The monoisotopic (exact) mass is 298 g/mol. The smallest absolute Gasteiger partial charge is 0.160 e. The number of likely N-dealkylation sites (tertiary alicyclic amines) is 1. The second-order valence-corrected chi connectivity index (χ2v) is 6.88. The molecule has 0 aromatic heterocycles. The maximum absolute atomic E-state index is 12.3. The van der Waals surface area contributed by atoms with Crippen molar-refractivity contribution >= 4 is 5.78 Å². The zero-order valence-corrected chi connectivity index (χ0v) is 13.7. The minimum atomic E-state index is 0.358. The van der Waals surface area contributed by atoms with Gasteiger partial charge < -0.3 is 4.90 Å². The van der Waals surface area contributed by atoms with E-state index in [1.807, 2.05) is 25.2 Å². The second kappa shape index (κ2) is 6.66. The van der Waals surface area contributed by atoms with Crippen LogP contribution in [-0.2, 0) is 11.3 Å². The number of benzene rings is 1. The third kappa shape index (κ3) is 3.41. The molecule has 2 aliphatic rings. The van der Waals surface area contributed by atoms with Gasteiger partial charge in [-0.05, 0) is 37.3 Å². The molecule has 0 spiro atoms. The fourth-order valence-corrected chi connectivity index (χ4v) is 3.91. The summed E-state index contributed by atoms with van der Waals surface area (Å²) in [5, 5.41) is 0. The number of nitrogens with zero attached hydrogens (tertiary/aromatic N) is 2. The Morgan fingerprint density at radius 1 is 1.23 bits per heavy atom. The molecule has 3 nitrogen and oxygen atoms in total. The van der Waals surface area contributed by atoms with Crippen LogP contribution in [0.5, 0.6) is 0 Å². The van der Waals surface area contributed by atoms with E-state index in [9.17, 15) is 4.79 Å². The molecule has 0 bridgehead atoms. The number of hydrogen-bond donors (Lipinski definition) is 0. The Kier molecular flexibility index (Phi) is 4.63. The first-order valence-corrected chi connectivity index (χ1v) is 8.32. The van der Waals surface area contributed by atoms with Gasteiger partial charge in [-0.25, -0.2) is 0 Å². The van der Waals surface area contributed by atoms with Crippen LogP contribution in [0.4, 0.5) is 0 Å². The molecule has 1 saturated heterocycles. The summed E-state index contributed by atoms with van der Waals surface area (Å²) in [7, 11) is 3.99. The standard InChI is InChI=1S/C19H26N2O/c1-20(2)14-17-11-18-16(12-19(17)22)9-6-10-21(18)13-15-7-4-3-5-8-15/h3-5,7-8,14,16,18H,6,9-13H2,1-2H3. The van der Waals surface area contributed by atoms with E-state index in [4.69, 9.17) is 0 Å². The van der Waals surface area contributed by atoms with Crippen molar-refractivity contribution in [3.05, 3.63) is 47.7 Å². The first kappa shape index (κ1) is 15.3. The van der Waals surface area contributed by atoms with E-state index in [1.54, 1.807) is 0 Å². The van der Waals surface area contributed by atoms with Crippen molar-refractivity contribution in [1.82, 2.24) is 9.80 Å². The molecule has 1 heterocycles. The lowest BCUT2D eigenvalue weighted by molar-refractivity contribution is -0.119. The molecule has 22 heavy (non-hydrogen) atoms. The highest BCUT2D eigenvalue weighted by Crippen LogP contribution is 2.36. The van der Waals surface area contributed by atoms with Crippen molar-refractivity contribution in [2.24, 2.45) is 5.92 Å². The van der Waals surface area contributed by atoms with Gasteiger partial charge in [0.15, 0.2) is 5.78 Å². The maximum atomic E-state index is 12.3. The van der Waals surface area contributed by atoms with Crippen molar-refractivity contribution < 1.29 is 4.79 Å². The summed E-state index contributed by atoms with van der Waals surface area (Å²) < 4.78 is 0. The molecule has 118 valence electrons. The lowest BCUT2D eigenvalue weighted by Gasteiger charge is -2.44. The van der Waals surface area contributed by atoms with Crippen molar-refractivity contribution in [3.63, 3.8) is 0 Å². The number of ketones is 1. The molecule has 3 heteroatoms. The molecule has 2 atom stereocenters. The van der Waals surface area contributed by atoms with Gasteiger partial charge in [-0.3, -0.25) is 9.69 Å². The highest BCUT2D eigenvalue weighted by molar-refractivity contribution is 5.96. The molecule has 1 saturated carbocycles. The van der Waals surface area contributed by atoms with E-state index < -0.39 is 0 Å². The normalized spacial score (nSPS) is 27.7. The molecule has 3 rings (SSSR count). The Morgan fingerprint density at radius 3 is 2.73 bits per heavy atom. The van der Waals surface area contributed by atoms with E-state index in [-0.39, 0.29) is 0 Å². The summed E-state index contributed by atoms with van der Waals surface area (Å²) >= 11 is 0. The third-order valence-corrected chi connectivity index (χ3v) is 4.91. The Labute approximate surface area is 133 Å². The topological polar surface area (TPSA) is 23.6 Å². The van der Waals surface area contributed by atoms with Crippen LogP contribution in [0, 0.1) is 5.92 Å². The molecule has 1 aromatic rings. The van der Waals surface area contributed by atoms with Crippen LogP contribution in [0.3, 0.4) is 0 Å². The molecule has 0 N–H and O–H groups in total. The lowest BCUT2D eigenvalue weighted by atomic mass is 9.75. The molecule has 1 aliphatic heterocycles. The van der Waals surface area contributed by atoms with E-state index in [2.05, 4.69) is 35.2 Å². The van der Waals surface area contributed by atoms with Crippen molar-refractivity contribution in [3.8, 4) is 0 Å². The Morgan fingerprint density at radius 2 is 2.00 bits per heavy atom. The van der Waals surface area contributed by atoms with Crippen LogP contribution >= 0.6 is 0 Å². The molecule has 0 amide bonds. The van der Waals surface area contributed by atoms with E-state index >= 15 is 0 Å². The highest BCUT2D eigenvalue weighted by Gasteiger charge is 2.38. The summed E-state index contributed by atoms with van der Waals surface area (Å²) in [5.41, 5.74) is 2.38. The highest BCUT2D eigenvalue weighted by atomic mass is 16.1. The number of hydrogen-bond acceptors (Lipinski definition) is 3. The summed E-state index contributed by atoms with van der Waals surface area (Å²) in [6.07, 6.45) is 6.09. The van der Waals surface area contributed by atoms with Crippen LogP contribution in [0.2, 0.25) is 0 Å².